The van der Waals surface area contributed by atoms with Gasteiger partial charge in [-0.2, -0.15) is 0 Å². The fourth-order valence-electron chi connectivity index (χ4n) is 3.34. The summed E-state index contributed by atoms with van der Waals surface area (Å²) in [7, 11) is 2.84. The molecule has 1 aliphatic rings. The van der Waals surface area contributed by atoms with E-state index in [4.69, 9.17) is 14.7 Å². The third kappa shape index (κ3) is 5.04. The Kier molecular flexibility index (Phi) is 6.83. The highest BCUT2D eigenvalue weighted by Gasteiger charge is 2.24. The van der Waals surface area contributed by atoms with Crippen LogP contribution in [-0.2, 0) is 11.4 Å². The summed E-state index contributed by atoms with van der Waals surface area (Å²) in [4.78, 5) is 34.0. The van der Waals surface area contributed by atoms with Gasteiger partial charge in [-0.15, -0.1) is 0 Å². The lowest BCUT2D eigenvalue weighted by molar-refractivity contribution is -0.0757. The predicted octanol–water partition coefficient (Wildman–Crippen LogP) is 3.29. The lowest BCUT2D eigenvalue weighted by atomic mass is 9.93. The van der Waals surface area contributed by atoms with Crippen molar-refractivity contribution in [1.29, 1.82) is 0 Å². The van der Waals surface area contributed by atoms with E-state index in [0.29, 0.717) is 31.8 Å². The molecule has 1 N–H and O–H groups in total. The number of rotatable bonds is 6. The van der Waals surface area contributed by atoms with Gasteiger partial charge in [0.25, 0.3) is 5.91 Å². The third-order valence-electron chi connectivity index (χ3n) is 5.16. The van der Waals surface area contributed by atoms with Gasteiger partial charge in [-0.25, -0.2) is 19.2 Å². The number of benzene rings is 1. The highest BCUT2D eigenvalue weighted by Crippen LogP contribution is 2.28. The number of piperidine rings is 1. The summed E-state index contributed by atoms with van der Waals surface area (Å²) in [6.45, 7) is 0.848. The summed E-state index contributed by atoms with van der Waals surface area (Å²) >= 11 is 0. The molecule has 0 aliphatic carbocycles. The number of hydrogen-bond donors (Lipinski definition) is 1. The molecule has 1 aromatic carbocycles. The molecular weight excluding hydrogens is 393 g/mol. The molecule has 0 saturated carbocycles. The van der Waals surface area contributed by atoms with Crippen LogP contribution in [0.3, 0.4) is 0 Å². The number of pyridine rings is 1. The van der Waals surface area contributed by atoms with E-state index in [1.807, 2.05) is 12.1 Å². The molecule has 1 aliphatic heterocycles. The van der Waals surface area contributed by atoms with Crippen LogP contribution in [0.2, 0.25) is 0 Å². The SMILES string of the molecule is CON(C)C(=O)c1ccc(F)c(COc2cccc(C3CCN(C(=O)O)CC3)n2)c1. The van der Waals surface area contributed by atoms with Gasteiger partial charge in [-0.3, -0.25) is 9.63 Å². The number of amides is 2. The Labute approximate surface area is 173 Å². The highest BCUT2D eigenvalue weighted by molar-refractivity contribution is 5.93. The molecule has 2 heterocycles. The molecule has 2 aromatic rings. The summed E-state index contributed by atoms with van der Waals surface area (Å²) < 4.78 is 19.9. The number of carbonyl (C=O) groups excluding carboxylic acids is 1. The Bertz CT molecular complexity index is 915. The van der Waals surface area contributed by atoms with Gasteiger partial charge in [0.2, 0.25) is 5.88 Å². The summed E-state index contributed by atoms with van der Waals surface area (Å²) in [5, 5.41) is 10.1. The molecule has 3 rings (SSSR count). The van der Waals surface area contributed by atoms with Crippen molar-refractivity contribution in [2.24, 2.45) is 0 Å². The van der Waals surface area contributed by atoms with Crippen molar-refractivity contribution in [3.05, 3.63) is 59.0 Å². The maximum Gasteiger partial charge on any atom is 0.407 e. The van der Waals surface area contributed by atoms with Gasteiger partial charge in [0.15, 0.2) is 0 Å². The Hall–Kier alpha value is -3.20. The zero-order chi connectivity index (χ0) is 21.7. The van der Waals surface area contributed by atoms with Crippen LogP contribution in [0.25, 0.3) is 0 Å². The number of aromatic nitrogens is 1. The van der Waals surface area contributed by atoms with Crippen molar-refractivity contribution in [2.75, 3.05) is 27.2 Å². The van der Waals surface area contributed by atoms with Crippen LogP contribution in [0.5, 0.6) is 5.88 Å². The number of carboxylic acid groups (broad SMARTS) is 1. The van der Waals surface area contributed by atoms with Crippen molar-refractivity contribution in [3.8, 4) is 5.88 Å². The van der Waals surface area contributed by atoms with Crippen LogP contribution in [0.4, 0.5) is 9.18 Å². The smallest absolute Gasteiger partial charge is 0.407 e. The molecule has 0 bridgehead atoms. The van der Waals surface area contributed by atoms with Crippen molar-refractivity contribution < 1.29 is 28.7 Å². The second-order valence-electron chi connectivity index (χ2n) is 7.02. The first-order chi connectivity index (χ1) is 14.4. The number of nitrogens with zero attached hydrogens (tertiary/aromatic N) is 3. The first-order valence-electron chi connectivity index (χ1n) is 9.57. The van der Waals surface area contributed by atoms with Crippen molar-refractivity contribution >= 4 is 12.0 Å². The fraction of sp³-hybridized carbons (Fsp3) is 0.381. The van der Waals surface area contributed by atoms with Gasteiger partial charge in [0, 0.05) is 48.9 Å². The molecule has 30 heavy (non-hydrogen) atoms. The van der Waals surface area contributed by atoms with Crippen molar-refractivity contribution in [3.63, 3.8) is 0 Å². The van der Waals surface area contributed by atoms with Gasteiger partial charge in [0.1, 0.15) is 12.4 Å². The fourth-order valence-corrected chi connectivity index (χ4v) is 3.34. The molecule has 2 amide bonds. The van der Waals surface area contributed by atoms with E-state index in [9.17, 15) is 14.0 Å². The summed E-state index contributed by atoms with van der Waals surface area (Å²) in [5.74, 6) is -0.389. The molecule has 1 fully saturated rings. The van der Waals surface area contributed by atoms with Gasteiger partial charge in [-0.1, -0.05) is 6.07 Å². The first kappa shape index (κ1) is 21.5. The number of likely N-dealkylation sites (tertiary alicyclic amines) is 1. The van der Waals surface area contributed by atoms with Crippen molar-refractivity contribution in [1.82, 2.24) is 14.9 Å². The second kappa shape index (κ2) is 9.53. The maximum atomic E-state index is 14.2. The number of hydroxylamine groups is 2. The van der Waals surface area contributed by atoms with E-state index in [2.05, 4.69) is 4.98 Å². The minimum Gasteiger partial charge on any atom is -0.473 e. The topological polar surface area (TPSA) is 92.2 Å². The van der Waals surface area contributed by atoms with Crippen LogP contribution < -0.4 is 4.74 Å². The summed E-state index contributed by atoms with van der Waals surface area (Å²) in [5.41, 5.74) is 1.34. The molecule has 1 saturated heterocycles. The van der Waals surface area contributed by atoms with Crippen LogP contribution >= 0.6 is 0 Å². The predicted molar refractivity (Wildman–Crippen MR) is 106 cm³/mol. The normalized spacial score (nSPS) is 14.4. The van der Waals surface area contributed by atoms with Crippen LogP contribution in [0, 0.1) is 5.82 Å². The Morgan fingerprint density at radius 2 is 2.00 bits per heavy atom. The number of carbonyl (C=O) groups is 2. The Balaban J connectivity index is 1.66. The van der Waals surface area contributed by atoms with E-state index < -0.39 is 17.8 Å². The minimum absolute atomic E-state index is 0.0858. The number of ether oxygens (including phenoxy) is 1. The second-order valence-corrected chi connectivity index (χ2v) is 7.02. The average molecular weight is 417 g/mol. The molecule has 0 spiro atoms. The van der Waals surface area contributed by atoms with Crippen LogP contribution in [-0.4, -0.2) is 59.3 Å². The molecule has 0 atom stereocenters. The molecule has 160 valence electrons. The lowest BCUT2D eigenvalue weighted by Gasteiger charge is -2.29. The van der Waals surface area contributed by atoms with Gasteiger partial charge >= 0.3 is 6.09 Å². The molecule has 0 unspecified atom stereocenters. The van der Waals surface area contributed by atoms with Crippen LogP contribution in [0.1, 0.15) is 40.4 Å². The molecule has 0 radical (unpaired) electrons. The largest absolute Gasteiger partial charge is 0.473 e. The monoisotopic (exact) mass is 417 g/mol. The zero-order valence-corrected chi connectivity index (χ0v) is 16.9. The average Bonchev–Trinajstić information content (AvgIpc) is 2.77. The quantitative estimate of drug-likeness (QED) is 0.725. The first-order valence-corrected chi connectivity index (χ1v) is 9.57. The zero-order valence-electron chi connectivity index (χ0n) is 16.9. The van der Waals surface area contributed by atoms with Crippen LogP contribution in [0.15, 0.2) is 36.4 Å². The number of halogens is 1. The molecule has 1 aromatic heterocycles. The Morgan fingerprint density at radius 3 is 2.67 bits per heavy atom. The van der Waals surface area contributed by atoms with Gasteiger partial charge in [0.05, 0.1) is 7.11 Å². The summed E-state index contributed by atoms with van der Waals surface area (Å²) in [6, 6.07) is 9.41. The standard InChI is InChI=1S/C21H24FN3O5/c1-24(29-2)20(26)15-6-7-17(22)16(12-15)13-30-19-5-3-4-18(23-19)14-8-10-25(11-9-14)21(27)28/h3-7,12,14H,8-11,13H2,1-2H3,(H,27,28). The third-order valence-corrected chi connectivity index (χ3v) is 5.16. The van der Waals surface area contributed by atoms with Gasteiger partial charge < -0.3 is 14.7 Å². The van der Waals surface area contributed by atoms with E-state index in [1.165, 1.54) is 37.3 Å². The molecule has 8 nitrogen and oxygen atoms in total. The lowest BCUT2D eigenvalue weighted by Crippen LogP contribution is -2.36. The maximum absolute atomic E-state index is 14.2. The van der Waals surface area contributed by atoms with E-state index in [1.54, 1.807) is 6.07 Å². The highest BCUT2D eigenvalue weighted by atomic mass is 19.1. The van der Waals surface area contributed by atoms with Crippen molar-refractivity contribution in [2.45, 2.75) is 25.4 Å². The Morgan fingerprint density at radius 1 is 1.27 bits per heavy atom. The van der Waals surface area contributed by atoms with Gasteiger partial charge in [-0.05, 0) is 37.1 Å². The molecule has 9 heteroatoms. The van der Waals surface area contributed by atoms with E-state index >= 15 is 0 Å². The molecular formula is C21H24FN3O5. The number of hydrogen-bond acceptors (Lipinski definition) is 5. The summed E-state index contributed by atoms with van der Waals surface area (Å²) in [6.07, 6.45) is 0.473. The minimum atomic E-state index is -0.905. The van der Waals surface area contributed by atoms with E-state index in [-0.39, 0.29) is 23.7 Å². The van der Waals surface area contributed by atoms with E-state index in [0.717, 1.165) is 10.8 Å².